The number of nitrogens with two attached hydrogens (primary N) is 1. The van der Waals surface area contributed by atoms with E-state index in [0.29, 0.717) is 17.8 Å². The lowest BCUT2D eigenvalue weighted by atomic mass is 10.0. The van der Waals surface area contributed by atoms with Crippen molar-refractivity contribution in [2.75, 3.05) is 11.9 Å². The Hall–Kier alpha value is -2.99. The Morgan fingerprint density at radius 2 is 1.81 bits per heavy atom. The molecule has 1 amide bonds. The Morgan fingerprint density at radius 3 is 2.52 bits per heavy atom. The summed E-state index contributed by atoms with van der Waals surface area (Å²) < 4.78 is 5.35. The summed E-state index contributed by atoms with van der Waals surface area (Å²) in [6, 6.07) is 16.6. The van der Waals surface area contributed by atoms with Gasteiger partial charge in [-0.15, -0.1) is 0 Å². The number of nitrogens with zero attached hydrogens (tertiary/aromatic N) is 2. The predicted octanol–water partition coefficient (Wildman–Crippen LogP) is 2.65. The van der Waals surface area contributed by atoms with Gasteiger partial charge in [0.2, 0.25) is 0 Å². The molecular formula is C21H23N3O3. The summed E-state index contributed by atoms with van der Waals surface area (Å²) in [5.41, 5.74) is 7.07. The third-order valence-electron chi connectivity index (χ3n) is 4.53. The molecule has 0 spiro atoms. The molecule has 0 saturated carbocycles. The maximum Gasteiger partial charge on any atom is 0.359 e. The highest BCUT2D eigenvalue weighted by molar-refractivity contribution is 6.20. The third kappa shape index (κ3) is 3.61. The van der Waals surface area contributed by atoms with Gasteiger partial charge >= 0.3 is 5.97 Å². The van der Waals surface area contributed by atoms with Gasteiger partial charge in [-0.2, -0.15) is 0 Å². The second-order valence-electron chi connectivity index (χ2n) is 6.52. The molecule has 2 N–H and O–H groups in total. The number of aliphatic imine (C=N–C) groups is 1. The van der Waals surface area contributed by atoms with Gasteiger partial charge in [0.25, 0.3) is 11.6 Å². The molecule has 0 saturated heterocycles. The summed E-state index contributed by atoms with van der Waals surface area (Å²) in [6.45, 7) is 2.04. The molecule has 1 aliphatic heterocycles. The highest BCUT2D eigenvalue weighted by Crippen LogP contribution is 2.29. The zero-order chi connectivity index (χ0) is 19.4. The van der Waals surface area contributed by atoms with Crippen molar-refractivity contribution in [3.05, 3.63) is 65.7 Å². The van der Waals surface area contributed by atoms with Gasteiger partial charge in [-0.25, -0.2) is 9.79 Å². The number of amides is 1. The highest BCUT2D eigenvalue weighted by atomic mass is 16.5. The molecule has 0 bridgehead atoms. The van der Waals surface area contributed by atoms with E-state index in [2.05, 4.69) is 4.99 Å². The Labute approximate surface area is 158 Å². The maximum absolute atomic E-state index is 13.0. The van der Waals surface area contributed by atoms with Gasteiger partial charge in [-0.1, -0.05) is 61.9 Å². The highest BCUT2D eigenvalue weighted by Gasteiger charge is 2.48. The molecule has 1 unspecified atom stereocenters. The lowest BCUT2D eigenvalue weighted by Gasteiger charge is -2.25. The fourth-order valence-electron chi connectivity index (χ4n) is 3.09. The van der Waals surface area contributed by atoms with Crippen LogP contribution in [0.25, 0.3) is 0 Å². The van der Waals surface area contributed by atoms with Crippen LogP contribution in [0.1, 0.15) is 30.9 Å². The van der Waals surface area contributed by atoms with Crippen molar-refractivity contribution in [2.45, 2.75) is 32.0 Å². The van der Waals surface area contributed by atoms with Gasteiger partial charge in [0, 0.05) is 18.3 Å². The number of benzene rings is 2. The first-order valence-corrected chi connectivity index (χ1v) is 8.93. The number of benzodiazepines with no additional fused rings is 1. The Kier molecular flexibility index (Phi) is 5.37. The summed E-state index contributed by atoms with van der Waals surface area (Å²) in [4.78, 5) is 31.6. The van der Waals surface area contributed by atoms with E-state index in [1.165, 1.54) is 4.90 Å². The summed E-state index contributed by atoms with van der Waals surface area (Å²) in [7, 11) is 1.59. The van der Waals surface area contributed by atoms with Crippen molar-refractivity contribution in [1.82, 2.24) is 0 Å². The maximum atomic E-state index is 13.0. The number of ether oxygens (including phenoxy) is 1. The van der Waals surface area contributed by atoms with Crippen molar-refractivity contribution in [1.29, 1.82) is 0 Å². The smallest absolute Gasteiger partial charge is 0.359 e. The number of rotatable bonds is 5. The van der Waals surface area contributed by atoms with Crippen LogP contribution in [0.2, 0.25) is 0 Å². The fraction of sp³-hybridized carbons (Fsp3) is 0.286. The quantitative estimate of drug-likeness (QED) is 0.652. The van der Waals surface area contributed by atoms with E-state index in [1.54, 1.807) is 7.05 Å². The number of anilines is 1. The molecule has 0 aliphatic carbocycles. The molecule has 27 heavy (non-hydrogen) atoms. The number of esters is 1. The van der Waals surface area contributed by atoms with E-state index < -0.39 is 17.5 Å². The minimum absolute atomic E-state index is 0.0290. The summed E-state index contributed by atoms with van der Waals surface area (Å²) in [5.74, 6) is -1.47. The second-order valence-corrected chi connectivity index (χ2v) is 6.52. The lowest BCUT2D eigenvalue weighted by molar-refractivity contribution is -0.154. The van der Waals surface area contributed by atoms with Crippen LogP contribution in [0, 0.1) is 0 Å². The predicted molar refractivity (Wildman–Crippen MR) is 104 cm³/mol. The minimum Gasteiger partial charge on any atom is -0.458 e. The standard InChI is InChI=1S/C21H23N3O3/c1-3-9-17-16-12-7-8-13-18(16)24(2)19(25)21(22,23-17)20(26)27-14-15-10-5-4-6-11-15/h4-8,10-13H,3,9,14,22H2,1-2H3. The van der Waals surface area contributed by atoms with Crippen LogP contribution >= 0.6 is 0 Å². The molecule has 0 fully saturated rings. The molecule has 2 aromatic rings. The fourth-order valence-corrected chi connectivity index (χ4v) is 3.09. The average Bonchev–Trinajstić information content (AvgIpc) is 2.78. The minimum atomic E-state index is -2.10. The molecule has 3 rings (SSSR count). The van der Waals surface area contributed by atoms with E-state index in [1.807, 2.05) is 61.5 Å². The lowest BCUT2D eigenvalue weighted by Crippen LogP contribution is -2.59. The number of likely N-dealkylation sites (N-methyl/N-ethyl adjacent to an activating group) is 1. The largest absolute Gasteiger partial charge is 0.458 e. The van der Waals surface area contributed by atoms with Crippen molar-refractivity contribution in [3.63, 3.8) is 0 Å². The number of fused-ring (bicyclic) bond motifs is 1. The SMILES string of the molecule is CCCC1=NC(N)(C(=O)OCc2ccccc2)C(=O)N(C)c2ccccc21. The summed E-state index contributed by atoms with van der Waals surface area (Å²) >= 11 is 0. The number of hydrogen-bond donors (Lipinski definition) is 1. The Morgan fingerprint density at radius 1 is 1.15 bits per heavy atom. The topological polar surface area (TPSA) is 85.0 Å². The normalized spacial score (nSPS) is 19.1. The molecule has 0 aromatic heterocycles. The molecule has 140 valence electrons. The van der Waals surface area contributed by atoms with Crippen LogP contribution in [0.4, 0.5) is 5.69 Å². The van der Waals surface area contributed by atoms with Crippen LogP contribution in [-0.2, 0) is 20.9 Å². The number of para-hydroxylation sites is 1. The van der Waals surface area contributed by atoms with Crippen molar-refractivity contribution >= 4 is 23.3 Å². The van der Waals surface area contributed by atoms with Crippen LogP contribution in [0.15, 0.2) is 59.6 Å². The molecule has 0 radical (unpaired) electrons. The van der Waals surface area contributed by atoms with Crippen LogP contribution in [0.5, 0.6) is 0 Å². The first-order valence-electron chi connectivity index (χ1n) is 8.93. The van der Waals surface area contributed by atoms with Crippen LogP contribution < -0.4 is 10.6 Å². The average molecular weight is 365 g/mol. The zero-order valence-electron chi connectivity index (χ0n) is 15.5. The van der Waals surface area contributed by atoms with E-state index in [9.17, 15) is 9.59 Å². The van der Waals surface area contributed by atoms with Crippen LogP contribution in [-0.4, -0.2) is 30.3 Å². The molecule has 2 aromatic carbocycles. The first kappa shape index (κ1) is 18.8. The summed E-state index contributed by atoms with van der Waals surface area (Å²) in [5, 5.41) is 0. The number of carbonyl (C=O) groups is 2. The molecule has 1 atom stereocenters. The van der Waals surface area contributed by atoms with Crippen molar-refractivity contribution < 1.29 is 14.3 Å². The van der Waals surface area contributed by atoms with E-state index in [4.69, 9.17) is 10.5 Å². The molecule has 1 heterocycles. The molecule has 6 heteroatoms. The second kappa shape index (κ2) is 7.72. The van der Waals surface area contributed by atoms with Gasteiger partial charge in [0.15, 0.2) is 0 Å². The molecule has 1 aliphatic rings. The molecular weight excluding hydrogens is 342 g/mol. The molecule has 6 nitrogen and oxygen atoms in total. The third-order valence-corrected chi connectivity index (χ3v) is 4.53. The first-order chi connectivity index (χ1) is 13.0. The van der Waals surface area contributed by atoms with Gasteiger partial charge < -0.3 is 9.64 Å². The van der Waals surface area contributed by atoms with Gasteiger partial charge in [0.1, 0.15) is 6.61 Å². The van der Waals surface area contributed by atoms with E-state index in [0.717, 1.165) is 17.5 Å². The Bertz CT molecular complexity index is 879. The van der Waals surface area contributed by atoms with Crippen LogP contribution in [0.3, 0.4) is 0 Å². The summed E-state index contributed by atoms with van der Waals surface area (Å²) in [6.07, 6.45) is 1.41. The van der Waals surface area contributed by atoms with Crippen molar-refractivity contribution in [2.24, 2.45) is 10.7 Å². The van der Waals surface area contributed by atoms with Crippen molar-refractivity contribution in [3.8, 4) is 0 Å². The van der Waals surface area contributed by atoms with Gasteiger partial charge in [-0.05, 0) is 18.1 Å². The van der Waals surface area contributed by atoms with E-state index >= 15 is 0 Å². The zero-order valence-corrected chi connectivity index (χ0v) is 15.5. The van der Waals surface area contributed by atoms with E-state index in [-0.39, 0.29) is 6.61 Å². The number of hydrogen-bond acceptors (Lipinski definition) is 5. The Balaban J connectivity index is 1.96. The van der Waals surface area contributed by atoms with Gasteiger partial charge in [0.05, 0.1) is 5.69 Å². The number of carbonyl (C=O) groups excluding carboxylic acids is 2. The monoisotopic (exact) mass is 365 g/mol. The van der Waals surface area contributed by atoms with Gasteiger partial charge in [-0.3, -0.25) is 10.5 Å².